The number of benzene rings is 1. The summed E-state index contributed by atoms with van der Waals surface area (Å²) in [6, 6.07) is 6.81. The van der Waals surface area contributed by atoms with Crippen molar-refractivity contribution in [2.45, 2.75) is 6.16 Å². The second-order valence-corrected chi connectivity index (χ2v) is 5.64. The molecule has 1 rings (SSSR count). The van der Waals surface area contributed by atoms with Crippen molar-refractivity contribution in [3.05, 3.63) is 60.3 Å². The van der Waals surface area contributed by atoms with Crippen LogP contribution in [0.2, 0.25) is 0 Å². The van der Waals surface area contributed by atoms with Crippen LogP contribution in [-0.2, 0) is 28.6 Å². The van der Waals surface area contributed by atoms with Gasteiger partial charge in [-0.05, 0) is 0 Å². The van der Waals surface area contributed by atoms with Gasteiger partial charge in [-0.3, -0.25) is 0 Å². The van der Waals surface area contributed by atoms with E-state index in [0.717, 1.165) is 5.56 Å². The van der Waals surface area contributed by atoms with Crippen LogP contribution in [0, 0.1) is 6.58 Å². The van der Waals surface area contributed by atoms with E-state index in [0.29, 0.717) is 11.1 Å². The smallest absolute Gasteiger partial charge is 0.693 e. The molecule has 0 radical (unpaired) electrons. The van der Waals surface area contributed by atoms with Gasteiger partial charge in [-0.25, -0.2) is 0 Å². The Bertz CT molecular complexity index is 491. The summed E-state index contributed by atoms with van der Waals surface area (Å²) in [6.45, 7) is 5.80. The molecule has 0 aliphatic carbocycles. The Balaban J connectivity index is 0.00000289. The van der Waals surface area contributed by atoms with Crippen LogP contribution in [0.3, 0.4) is 0 Å². The van der Waals surface area contributed by atoms with Crippen molar-refractivity contribution in [3.8, 4) is 0 Å². The van der Waals surface area contributed by atoms with E-state index in [2.05, 4.69) is 17.9 Å². The van der Waals surface area contributed by atoms with E-state index in [1.54, 1.807) is 41.0 Å². The van der Waals surface area contributed by atoms with Gasteiger partial charge < -0.3 is 6.15 Å². The van der Waals surface area contributed by atoms with Gasteiger partial charge in [0.2, 0.25) is 0 Å². The molecule has 0 unspecified atom stereocenters. The Morgan fingerprint density at radius 1 is 1.33 bits per heavy atom. The molecule has 1 aromatic rings. The average molecular weight is 354 g/mol. The summed E-state index contributed by atoms with van der Waals surface area (Å²) in [5.74, 6) is 0. The molecule has 0 aromatic heterocycles. The van der Waals surface area contributed by atoms with Gasteiger partial charge in [0.15, 0.2) is 0 Å². The molecule has 0 amide bonds. The van der Waals surface area contributed by atoms with Crippen molar-refractivity contribution >= 4 is 17.8 Å². The molecule has 0 aliphatic heterocycles. The van der Waals surface area contributed by atoms with Crippen LogP contribution in [0.25, 0.3) is 11.7 Å². The van der Waals surface area contributed by atoms with Crippen LogP contribution in [0.1, 0.15) is 11.1 Å². The van der Waals surface area contributed by atoms with Crippen molar-refractivity contribution in [1.29, 1.82) is 0 Å². The summed E-state index contributed by atoms with van der Waals surface area (Å²) in [6.07, 6.45) is 3.28. The van der Waals surface area contributed by atoms with Crippen LogP contribution in [0.5, 0.6) is 0 Å². The summed E-state index contributed by atoms with van der Waals surface area (Å²) < 4.78 is 12.6. The Morgan fingerprint density at radius 3 is 2.33 bits per heavy atom. The summed E-state index contributed by atoms with van der Waals surface area (Å²) in [7, 11) is -4.00. The Kier molecular flexibility index (Phi) is 7.38. The number of nitrogens with two attached hydrogens (primary N) is 1. The van der Waals surface area contributed by atoms with Crippen molar-refractivity contribution in [3.63, 3.8) is 0 Å². The quantitative estimate of drug-likeness (QED) is 0.369. The largest absolute Gasteiger partial charge is 0.693 e. The number of allylic oxidation sites excluding steroid dienone is 3. The second kappa shape index (κ2) is 7.68. The first kappa shape index (κ1) is 17.3. The molecule has 1 aromatic carbocycles. The normalized spacial score (nSPS) is 11.1. The molecule has 0 saturated heterocycles. The predicted octanol–water partition coefficient (Wildman–Crippen LogP) is 2.80. The zero-order valence-electron chi connectivity index (χ0n) is 9.49. The monoisotopic (exact) mass is 354 g/mol. The molecule has 4 N–H and O–H groups in total. The Labute approximate surface area is 116 Å². The molecular weight excluding hydrogens is 340 g/mol. The molecule has 4 nitrogen and oxygen atoms in total. The summed E-state index contributed by atoms with van der Waals surface area (Å²) >= 11 is 2.62. The molecule has 0 fully saturated rings. The van der Waals surface area contributed by atoms with E-state index < -0.39 is 7.60 Å². The topological polar surface area (TPSA) is 91.0 Å². The maximum atomic E-state index is 10.8. The van der Waals surface area contributed by atoms with E-state index in [9.17, 15) is 4.57 Å². The SMILES string of the molecule is [CH-]=C(/C=C\[CH]=[Rh])c1ccc(CP(=O)(O)O)cc1.[NH2-]. The third kappa shape index (κ3) is 6.29. The van der Waals surface area contributed by atoms with E-state index in [1.807, 2.05) is 0 Å². The van der Waals surface area contributed by atoms with Crippen molar-refractivity contribution in [1.82, 2.24) is 0 Å². The van der Waals surface area contributed by atoms with Crippen molar-refractivity contribution < 1.29 is 32.2 Å². The van der Waals surface area contributed by atoms with Crippen LogP contribution in [-0.4, -0.2) is 14.4 Å². The maximum Gasteiger partial charge on any atom is -0.693 e. The molecule has 0 spiro atoms. The molecule has 0 saturated carbocycles. The fraction of sp³-hybridized carbons (Fsp3) is 0.0833. The third-order valence-electron chi connectivity index (χ3n) is 2.02. The van der Waals surface area contributed by atoms with Gasteiger partial charge in [-0.1, -0.05) is 0 Å². The molecular formula is C12H14NO3PRh-2. The minimum absolute atomic E-state index is 0. The number of rotatable bonds is 5. The van der Waals surface area contributed by atoms with Gasteiger partial charge >= 0.3 is 110 Å². The fourth-order valence-electron chi connectivity index (χ4n) is 1.27. The minimum atomic E-state index is -4.00. The maximum absolute atomic E-state index is 10.8. The van der Waals surface area contributed by atoms with Crippen molar-refractivity contribution in [2.24, 2.45) is 0 Å². The Hall–Kier alpha value is -0.697. The second-order valence-electron chi connectivity index (χ2n) is 3.45. The molecule has 0 heterocycles. The first-order valence-electron chi connectivity index (χ1n) is 4.76. The summed E-state index contributed by atoms with van der Waals surface area (Å²) in [5, 5.41) is 0. The summed E-state index contributed by atoms with van der Waals surface area (Å²) in [4.78, 5) is 17.7. The van der Waals surface area contributed by atoms with Gasteiger partial charge in [0, 0.05) is 0 Å². The van der Waals surface area contributed by atoms with E-state index in [4.69, 9.17) is 16.4 Å². The third-order valence-corrected chi connectivity index (χ3v) is 3.11. The van der Waals surface area contributed by atoms with E-state index in [1.165, 1.54) is 0 Å². The summed E-state index contributed by atoms with van der Waals surface area (Å²) in [5.41, 5.74) is 2.01. The first-order chi connectivity index (χ1) is 7.92. The average Bonchev–Trinajstić information content (AvgIpc) is 2.24. The fourth-order valence-corrected chi connectivity index (χ4v) is 2.12. The minimum Gasteiger partial charge on any atom is -0.693 e. The van der Waals surface area contributed by atoms with Crippen LogP contribution in [0.15, 0.2) is 36.4 Å². The van der Waals surface area contributed by atoms with Crippen molar-refractivity contribution in [2.75, 3.05) is 0 Å². The molecule has 0 bridgehead atoms. The van der Waals surface area contributed by atoms with E-state index in [-0.39, 0.29) is 12.3 Å². The number of hydrogen-bond donors (Lipinski definition) is 2. The van der Waals surface area contributed by atoms with Gasteiger partial charge in [-0.15, -0.1) is 0 Å². The predicted molar refractivity (Wildman–Crippen MR) is 70.4 cm³/mol. The first-order valence-corrected chi connectivity index (χ1v) is 7.50. The molecule has 0 atom stereocenters. The number of hydrogen-bond acceptors (Lipinski definition) is 1. The molecule has 0 aliphatic rings. The molecule has 6 heteroatoms. The van der Waals surface area contributed by atoms with Crippen LogP contribution in [0.4, 0.5) is 0 Å². The van der Waals surface area contributed by atoms with Gasteiger partial charge in [0.1, 0.15) is 0 Å². The molecule has 18 heavy (non-hydrogen) atoms. The standard InChI is InChI=1S/C12H12O3P.H2N.Rh/c1-3-4-10(2)12-7-5-11(6-8-12)9-16(13,14)15;;/h1-8H,9H2,(H2,13,14,15);1H2;/q2*-1;/b4-3-;;. The zero-order valence-corrected chi connectivity index (χ0v) is 12.0. The van der Waals surface area contributed by atoms with Crippen LogP contribution >= 0.6 is 7.60 Å². The van der Waals surface area contributed by atoms with Gasteiger partial charge in [-0.2, -0.15) is 0 Å². The molecule has 101 valence electrons. The Morgan fingerprint density at radius 2 is 1.89 bits per heavy atom. The van der Waals surface area contributed by atoms with Gasteiger partial charge in [0.05, 0.1) is 0 Å². The van der Waals surface area contributed by atoms with Crippen LogP contribution < -0.4 is 0 Å². The van der Waals surface area contributed by atoms with Gasteiger partial charge in [0.25, 0.3) is 0 Å². The zero-order chi connectivity index (χ0) is 12.9. The van der Waals surface area contributed by atoms with E-state index >= 15 is 0 Å².